The highest BCUT2D eigenvalue weighted by Crippen LogP contribution is 2.28. The Kier molecular flexibility index (Phi) is 3.41. The SMILES string of the molecule is Cc1cc(C)c(Cc2sc3ncc(C=O)n3c2C)c(C)c1. The third-order valence-electron chi connectivity index (χ3n) is 4.01. The third kappa shape index (κ3) is 2.29. The number of nitrogens with zero attached hydrogens (tertiary/aromatic N) is 2. The molecule has 108 valence electrons. The first-order valence-electron chi connectivity index (χ1n) is 6.99. The first kappa shape index (κ1) is 14.0. The summed E-state index contributed by atoms with van der Waals surface area (Å²) < 4.78 is 1.95. The minimum Gasteiger partial charge on any atom is -0.296 e. The van der Waals surface area contributed by atoms with Crippen molar-refractivity contribution >= 4 is 22.6 Å². The number of fused-ring (bicyclic) bond motifs is 1. The second kappa shape index (κ2) is 5.11. The molecule has 0 radical (unpaired) electrons. The van der Waals surface area contributed by atoms with E-state index < -0.39 is 0 Å². The number of rotatable bonds is 3. The van der Waals surface area contributed by atoms with E-state index in [4.69, 9.17) is 0 Å². The zero-order valence-electron chi connectivity index (χ0n) is 12.7. The van der Waals surface area contributed by atoms with Gasteiger partial charge < -0.3 is 0 Å². The molecule has 3 aromatic rings. The van der Waals surface area contributed by atoms with Crippen LogP contribution in [0.1, 0.15) is 43.3 Å². The van der Waals surface area contributed by atoms with Gasteiger partial charge in [0.25, 0.3) is 0 Å². The van der Waals surface area contributed by atoms with Crippen LogP contribution in [-0.4, -0.2) is 15.7 Å². The van der Waals surface area contributed by atoms with Gasteiger partial charge in [0, 0.05) is 17.0 Å². The Morgan fingerprint density at radius 2 is 1.86 bits per heavy atom. The molecular weight excluding hydrogens is 280 g/mol. The fourth-order valence-corrected chi connectivity index (χ4v) is 4.08. The van der Waals surface area contributed by atoms with Crippen molar-refractivity contribution in [2.45, 2.75) is 34.1 Å². The number of imidazole rings is 1. The highest BCUT2D eigenvalue weighted by Gasteiger charge is 2.15. The summed E-state index contributed by atoms with van der Waals surface area (Å²) >= 11 is 1.67. The molecule has 4 heteroatoms. The van der Waals surface area contributed by atoms with E-state index in [0.717, 1.165) is 23.4 Å². The highest BCUT2D eigenvalue weighted by atomic mass is 32.1. The second-order valence-corrected chi connectivity index (χ2v) is 6.65. The number of carbonyl (C=O) groups is 1. The molecule has 1 aromatic carbocycles. The van der Waals surface area contributed by atoms with Gasteiger partial charge in [-0.15, -0.1) is 11.3 Å². The third-order valence-corrected chi connectivity index (χ3v) is 5.17. The average Bonchev–Trinajstić information content (AvgIpc) is 2.95. The van der Waals surface area contributed by atoms with Crippen molar-refractivity contribution in [2.24, 2.45) is 0 Å². The van der Waals surface area contributed by atoms with Gasteiger partial charge in [-0.2, -0.15) is 0 Å². The molecule has 0 N–H and O–H groups in total. The first-order chi connectivity index (χ1) is 10.0. The molecule has 0 saturated carbocycles. The van der Waals surface area contributed by atoms with Gasteiger partial charge in [-0.05, 0) is 44.4 Å². The Morgan fingerprint density at radius 1 is 1.19 bits per heavy atom. The minimum absolute atomic E-state index is 0.627. The number of aryl methyl sites for hydroxylation is 4. The summed E-state index contributed by atoms with van der Waals surface area (Å²) in [5, 5.41) is 0. The van der Waals surface area contributed by atoms with Crippen LogP contribution in [0.5, 0.6) is 0 Å². The van der Waals surface area contributed by atoms with Crippen molar-refractivity contribution in [1.29, 1.82) is 0 Å². The summed E-state index contributed by atoms with van der Waals surface area (Å²) in [6.07, 6.45) is 3.40. The van der Waals surface area contributed by atoms with Gasteiger partial charge in [0.2, 0.25) is 0 Å². The molecule has 0 unspecified atom stereocenters. The molecule has 0 atom stereocenters. The van der Waals surface area contributed by atoms with Crippen LogP contribution in [0.2, 0.25) is 0 Å². The van der Waals surface area contributed by atoms with Gasteiger partial charge in [0.05, 0.1) is 6.20 Å². The second-order valence-electron chi connectivity index (χ2n) is 5.58. The molecule has 0 saturated heterocycles. The van der Waals surface area contributed by atoms with E-state index in [1.807, 2.05) is 4.40 Å². The number of aldehydes is 1. The molecule has 0 bridgehead atoms. The van der Waals surface area contributed by atoms with Crippen LogP contribution in [0.4, 0.5) is 0 Å². The Labute approximate surface area is 128 Å². The monoisotopic (exact) mass is 298 g/mol. The molecule has 0 aliphatic carbocycles. The molecule has 0 amide bonds. The average molecular weight is 298 g/mol. The Balaban J connectivity index is 2.09. The maximum absolute atomic E-state index is 11.1. The summed E-state index contributed by atoms with van der Waals surface area (Å²) in [6, 6.07) is 4.46. The molecule has 2 heterocycles. The van der Waals surface area contributed by atoms with Crippen LogP contribution >= 0.6 is 11.3 Å². The maximum atomic E-state index is 11.1. The number of thiazole rings is 1. The number of hydrogen-bond donors (Lipinski definition) is 0. The van der Waals surface area contributed by atoms with E-state index in [-0.39, 0.29) is 0 Å². The predicted molar refractivity (Wildman–Crippen MR) is 86.7 cm³/mol. The molecule has 3 nitrogen and oxygen atoms in total. The van der Waals surface area contributed by atoms with Crippen LogP contribution in [-0.2, 0) is 6.42 Å². The molecule has 0 aliphatic heterocycles. The van der Waals surface area contributed by atoms with Gasteiger partial charge >= 0.3 is 0 Å². The van der Waals surface area contributed by atoms with Crippen LogP contribution in [0, 0.1) is 27.7 Å². The lowest BCUT2D eigenvalue weighted by Crippen LogP contribution is -1.98. The Morgan fingerprint density at radius 3 is 2.48 bits per heavy atom. The van der Waals surface area contributed by atoms with Crippen molar-refractivity contribution in [2.75, 3.05) is 0 Å². The van der Waals surface area contributed by atoms with Crippen LogP contribution in [0.15, 0.2) is 18.3 Å². The van der Waals surface area contributed by atoms with Gasteiger partial charge in [0.15, 0.2) is 11.2 Å². The largest absolute Gasteiger partial charge is 0.296 e. The van der Waals surface area contributed by atoms with E-state index in [0.29, 0.717) is 5.69 Å². The van der Waals surface area contributed by atoms with Gasteiger partial charge in [-0.1, -0.05) is 17.7 Å². The van der Waals surface area contributed by atoms with Crippen LogP contribution in [0.3, 0.4) is 0 Å². The van der Waals surface area contributed by atoms with Crippen molar-refractivity contribution in [1.82, 2.24) is 9.38 Å². The molecule has 0 aliphatic rings. The smallest absolute Gasteiger partial charge is 0.194 e. The molecule has 21 heavy (non-hydrogen) atoms. The lowest BCUT2D eigenvalue weighted by molar-refractivity contribution is 0.111. The van der Waals surface area contributed by atoms with E-state index >= 15 is 0 Å². The van der Waals surface area contributed by atoms with Crippen molar-refractivity contribution in [3.05, 3.63) is 56.8 Å². The standard InChI is InChI=1S/C17H18N2OS/c1-10-5-11(2)15(12(3)6-10)7-16-13(4)19-14(9-20)8-18-17(19)21-16/h5-6,8-9H,7H2,1-4H3. The normalized spacial score (nSPS) is 11.2. The predicted octanol–water partition coefficient (Wildman–Crippen LogP) is 4.03. The minimum atomic E-state index is 0.627. The van der Waals surface area contributed by atoms with Gasteiger partial charge in [-0.25, -0.2) is 4.98 Å². The van der Waals surface area contributed by atoms with Crippen LogP contribution < -0.4 is 0 Å². The Hall–Kier alpha value is -1.94. The van der Waals surface area contributed by atoms with E-state index in [1.165, 1.54) is 27.1 Å². The molecule has 0 fully saturated rings. The zero-order chi connectivity index (χ0) is 15.1. The summed E-state index contributed by atoms with van der Waals surface area (Å²) in [5.74, 6) is 0. The number of aromatic nitrogens is 2. The summed E-state index contributed by atoms with van der Waals surface area (Å²) in [6.45, 7) is 8.53. The molecule has 2 aromatic heterocycles. The number of carbonyl (C=O) groups excluding carboxylic acids is 1. The number of hydrogen-bond acceptors (Lipinski definition) is 3. The number of benzene rings is 1. The van der Waals surface area contributed by atoms with Crippen molar-refractivity contribution < 1.29 is 4.79 Å². The summed E-state index contributed by atoms with van der Waals surface area (Å²) in [5.41, 5.74) is 7.08. The quantitative estimate of drug-likeness (QED) is 0.684. The topological polar surface area (TPSA) is 34.4 Å². The van der Waals surface area contributed by atoms with Crippen molar-refractivity contribution in [3.63, 3.8) is 0 Å². The molecule has 0 spiro atoms. The summed E-state index contributed by atoms with van der Waals surface area (Å²) in [4.78, 5) is 17.6. The van der Waals surface area contributed by atoms with Crippen LogP contribution in [0.25, 0.3) is 4.96 Å². The first-order valence-corrected chi connectivity index (χ1v) is 7.80. The van der Waals surface area contributed by atoms with E-state index in [9.17, 15) is 4.79 Å². The van der Waals surface area contributed by atoms with Gasteiger partial charge in [-0.3, -0.25) is 9.20 Å². The van der Waals surface area contributed by atoms with E-state index in [2.05, 4.69) is 44.8 Å². The fraction of sp³-hybridized carbons (Fsp3) is 0.294. The van der Waals surface area contributed by atoms with Crippen molar-refractivity contribution in [3.8, 4) is 0 Å². The van der Waals surface area contributed by atoms with E-state index in [1.54, 1.807) is 17.5 Å². The molecular formula is C17H18N2OS. The fourth-order valence-electron chi connectivity index (χ4n) is 2.96. The lowest BCUT2D eigenvalue weighted by Gasteiger charge is -2.11. The maximum Gasteiger partial charge on any atom is 0.194 e. The Bertz CT molecular complexity index is 819. The summed E-state index contributed by atoms with van der Waals surface area (Å²) in [7, 11) is 0. The van der Waals surface area contributed by atoms with Gasteiger partial charge in [0.1, 0.15) is 5.69 Å². The molecule has 3 rings (SSSR count). The highest BCUT2D eigenvalue weighted by molar-refractivity contribution is 7.17. The zero-order valence-corrected chi connectivity index (χ0v) is 13.5. The lowest BCUT2D eigenvalue weighted by atomic mass is 9.96.